The number of nitrogen functional groups attached to an aromatic ring is 1. The third-order valence-electron chi connectivity index (χ3n) is 2.61. The molecule has 0 aliphatic rings. The first-order valence-corrected chi connectivity index (χ1v) is 6.61. The second-order valence-corrected chi connectivity index (χ2v) is 6.07. The smallest absolute Gasteiger partial charge is 0.396 e. The van der Waals surface area contributed by atoms with E-state index in [1.54, 1.807) is 20.8 Å². The Kier molecular flexibility index (Phi) is 5.15. The summed E-state index contributed by atoms with van der Waals surface area (Å²) >= 11 is 5.69. The predicted molar refractivity (Wildman–Crippen MR) is 75.1 cm³/mol. The number of hydrogen-bond acceptors (Lipinski definition) is 3. The van der Waals surface area contributed by atoms with E-state index < -0.39 is 30.1 Å². The summed E-state index contributed by atoms with van der Waals surface area (Å²) in [6, 6.07) is 3.62. The normalized spacial score (nSPS) is 13.9. The minimum atomic E-state index is -4.59. The Morgan fingerprint density at radius 1 is 1.33 bits per heavy atom. The lowest BCUT2D eigenvalue weighted by Gasteiger charge is -2.24. The minimum Gasteiger partial charge on any atom is -0.460 e. The fraction of sp³-hybridized carbons (Fsp3) is 0.500. The lowest BCUT2D eigenvalue weighted by Crippen LogP contribution is -2.29. The van der Waals surface area contributed by atoms with E-state index in [4.69, 9.17) is 22.1 Å². The molecule has 0 spiro atoms. The molecule has 0 saturated carbocycles. The summed E-state index contributed by atoms with van der Waals surface area (Å²) in [5.41, 5.74) is 4.60. The van der Waals surface area contributed by atoms with Crippen LogP contribution in [-0.4, -0.2) is 17.7 Å². The summed E-state index contributed by atoms with van der Waals surface area (Å²) in [7, 11) is 0. The lowest BCUT2D eigenvalue weighted by atomic mass is 9.94. The van der Waals surface area contributed by atoms with E-state index in [0.29, 0.717) is 0 Å². The molecule has 3 nitrogen and oxygen atoms in total. The van der Waals surface area contributed by atoms with Crippen LogP contribution in [0.2, 0.25) is 5.02 Å². The van der Waals surface area contributed by atoms with E-state index >= 15 is 0 Å². The van der Waals surface area contributed by atoms with Crippen LogP contribution in [-0.2, 0) is 9.53 Å². The quantitative estimate of drug-likeness (QED) is 0.666. The highest BCUT2D eigenvalue weighted by molar-refractivity contribution is 6.33. The molecule has 1 rings (SSSR count). The van der Waals surface area contributed by atoms with Gasteiger partial charge in [0.1, 0.15) is 5.60 Å². The molecule has 0 radical (unpaired) electrons. The van der Waals surface area contributed by atoms with Gasteiger partial charge in [-0.15, -0.1) is 0 Å². The van der Waals surface area contributed by atoms with Crippen molar-refractivity contribution >= 4 is 23.3 Å². The fourth-order valence-corrected chi connectivity index (χ4v) is 1.87. The van der Waals surface area contributed by atoms with E-state index in [1.807, 2.05) is 0 Å². The Morgan fingerprint density at radius 3 is 2.33 bits per heavy atom. The molecule has 0 heterocycles. The van der Waals surface area contributed by atoms with Crippen LogP contribution in [0, 0.1) is 0 Å². The predicted octanol–water partition coefficient (Wildman–Crippen LogP) is 4.30. The topological polar surface area (TPSA) is 52.3 Å². The van der Waals surface area contributed by atoms with Gasteiger partial charge in [0.2, 0.25) is 0 Å². The molecular formula is C14H17ClF3NO2. The van der Waals surface area contributed by atoms with Gasteiger partial charge in [0.25, 0.3) is 0 Å². The van der Waals surface area contributed by atoms with Crippen molar-refractivity contribution in [1.29, 1.82) is 0 Å². The van der Waals surface area contributed by atoms with Crippen LogP contribution >= 0.6 is 11.6 Å². The van der Waals surface area contributed by atoms with Crippen LogP contribution in [0.1, 0.15) is 38.7 Å². The summed E-state index contributed by atoms with van der Waals surface area (Å²) in [5.74, 6) is -2.90. The van der Waals surface area contributed by atoms with Crippen molar-refractivity contribution in [3.63, 3.8) is 0 Å². The maximum atomic E-state index is 13.1. The summed E-state index contributed by atoms with van der Waals surface area (Å²) in [4.78, 5) is 11.7. The zero-order valence-electron chi connectivity index (χ0n) is 11.9. The zero-order valence-corrected chi connectivity index (χ0v) is 12.7. The van der Waals surface area contributed by atoms with E-state index in [1.165, 1.54) is 12.1 Å². The molecule has 0 aliphatic heterocycles. The molecule has 0 aromatic heterocycles. The molecule has 0 bridgehead atoms. The molecule has 0 saturated heterocycles. The van der Waals surface area contributed by atoms with Crippen LogP contribution in [0.25, 0.3) is 0 Å². The van der Waals surface area contributed by atoms with E-state index in [2.05, 4.69) is 0 Å². The number of nitrogens with two attached hydrogens (primary N) is 1. The first-order chi connectivity index (χ1) is 9.40. The number of anilines is 1. The average Bonchev–Trinajstić information content (AvgIpc) is 2.26. The Hall–Kier alpha value is -1.43. The van der Waals surface area contributed by atoms with Gasteiger partial charge in [-0.1, -0.05) is 17.7 Å². The fourth-order valence-electron chi connectivity index (χ4n) is 1.75. The van der Waals surface area contributed by atoms with Crippen molar-refractivity contribution in [3.05, 3.63) is 28.8 Å². The van der Waals surface area contributed by atoms with Crippen LogP contribution in [0.5, 0.6) is 0 Å². The second-order valence-electron chi connectivity index (χ2n) is 5.67. The maximum Gasteiger partial charge on any atom is 0.396 e. The van der Waals surface area contributed by atoms with Gasteiger partial charge in [-0.3, -0.25) is 4.79 Å². The van der Waals surface area contributed by atoms with Crippen molar-refractivity contribution in [2.45, 2.75) is 44.9 Å². The highest BCUT2D eigenvalue weighted by Crippen LogP contribution is 2.39. The standard InChI is InChI=1S/C14H17ClF3NO2/c1-13(2,3)21-12(20)7-9(14(16,17)18)8-4-5-10(15)11(19)6-8/h4-6,9H,7,19H2,1-3H3/t9-/m0/s1. The number of halogens is 4. The molecule has 2 N–H and O–H groups in total. The van der Waals surface area contributed by atoms with Gasteiger partial charge in [-0.05, 0) is 38.5 Å². The molecule has 1 aromatic rings. The van der Waals surface area contributed by atoms with Crippen molar-refractivity contribution < 1.29 is 22.7 Å². The second kappa shape index (κ2) is 6.13. The van der Waals surface area contributed by atoms with E-state index in [-0.39, 0.29) is 16.3 Å². The summed E-state index contributed by atoms with van der Waals surface area (Å²) in [6.45, 7) is 4.77. The largest absolute Gasteiger partial charge is 0.460 e. The number of carbonyl (C=O) groups excluding carboxylic acids is 1. The maximum absolute atomic E-state index is 13.1. The SMILES string of the molecule is CC(C)(C)OC(=O)C[C@@H](c1ccc(Cl)c(N)c1)C(F)(F)F. The summed E-state index contributed by atoms with van der Waals surface area (Å²) in [5, 5.41) is 0.164. The molecular weight excluding hydrogens is 307 g/mol. The Bertz CT molecular complexity index is 524. The highest BCUT2D eigenvalue weighted by Gasteiger charge is 2.42. The van der Waals surface area contributed by atoms with E-state index in [0.717, 1.165) is 6.07 Å². The summed E-state index contributed by atoms with van der Waals surface area (Å²) in [6.07, 6.45) is -5.39. The first-order valence-electron chi connectivity index (χ1n) is 6.23. The van der Waals surface area contributed by atoms with Crippen LogP contribution in [0.15, 0.2) is 18.2 Å². The molecule has 0 fully saturated rings. The van der Waals surface area contributed by atoms with E-state index in [9.17, 15) is 18.0 Å². The van der Waals surface area contributed by atoms with Crippen LogP contribution in [0.3, 0.4) is 0 Å². The molecule has 0 unspecified atom stereocenters. The number of benzene rings is 1. The number of alkyl halides is 3. The molecule has 21 heavy (non-hydrogen) atoms. The molecule has 0 aliphatic carbocycles. The van der Waals surface area contributed by atoms with Crippen molar-refractivity contribution in [2.24, 2.45) is 0 Å². The number of esters is 1. The average molecular weight is 324 g/mol. The highest BCUT2D eigenvalue weighted by atomic mass is 35.5. The molecule has 1 atom stereocenters. The molecule has 1 aromatic carbocycles. The number of rotatable bonds is 3. The lowest BCUT2D eigenvalue weighted by molar-refractivity contribution is -0.172. The Balaban J connectivity index is 3.02. The zero-order chi connectivity index (χ0) is 16.4. The monoisotopic (exact) mass is 323 g/mol. The Morgan fingerprint density at radius 2 is 1.90 bits per heavy atom. The van der Waals surface area contributed by atoms with Crippen LogP contribution < -0.4 is 5.73 Å². The van der Waals surface area contributed by atoms with Gasteiger partial charge in [-0.2, -0.15) is 13.2 Å². The number of carbonyl (C=O) groups is 1. The molecule has 0 amide bonds. The van der Waals surface area contributed by atoms with Crippen molar-refractivity contribution in [2.75, 3.05) is 5.73 Å². The third kappa shape index (κ3) is 5.46. The van der Waals surface area contributed by atoms with Gasteiger partial charge in [-0.25, -0.2) is 0 Å². The molecule has 118 valence electrons. The van der Waals surface area contributed by atoms with Crippen LogP contribution in [0.4, 0.5) is 18.9 Å². The minimum absolute atomic E-state index is 0.0348. The van der Waals surface area contributed by atoms with Gasteiger partial charge in [0.15, 0.2) is 0 Å². The van der Waals surface area contributed by atoms with Crippen molar-refractivity contribution in [1.82, 2.24) is 0 Å². The van der Waals surface area contributed by atoms with Gasteiger partial charge >= 0.3 is 12.1 Å². The number of hydrogen-bond donors (Lipinski definition) is 1. The third-order valence-corrected chi connectivity index (χ3v) is 2.95. The van der Waals surface area contributed by atoms with Crippen molar-refractivity contribution in [3.8, 4) is 0 Å². The van der Waals surface area contributed by atoms with Gasteiger partial charge in [0, 0.05) is 0 Å². The summed E-state index contributed by atoms with van der Waals surface area (Å²) < 4.78 is 44.4. The molecule has 7 heteroatoms. The number of ether oxygens (including phenoxy) is 1. The Labute approximate surface area is 126 Å². The van der Waals surface area contributed by atoms with Gasteiger partial charge in [0.05, 0.1) is 23.0 Å². The first kappa shape index (κ1) is 17.6. The van der Waals surface area contributed by atoms with Gasteiger partial charge < -0.3 is 10.5 Å².